The van der Waals surface area contributed by atoms with E-state index in [2.05, 4.69) is 39.2 Å². The third-order valence-electron chi connectivity index (χ3n) is 3.38. The molecule has 3 aromatic rings. The lowest BCUT2D eigenvalue weighted by molar-refractivity contribution is 0.416. The smallest absolute Gasteiger partial charge is 0.176 e. The predicted molar refractivity (Wildman–Crippen MR) is 76.3 cm³/mol. The fourth-order valence-electron chi connectivity index (χ4n) is 2.54. The van der Waals surface area contributed by atoms with E-state index >= 15 is 0 Å². The Labute approximate surface area is 117 Å². The molecule has 0 unspecified atom stereocenters. The van der Waals surface area contributed by atoms with E-state index in [-0.39, 0.29) is 6.04 Å². The van der Waals surface area contributed by atoms with Crippen LogP contribution in [0.25, 0.3) is 11.6 Å². The maximum absolute atomic E-state index is 5.43. The van der Waals surface area contributed by atoms with E-state index in [4.69, 9.17) is 4.42 Å². The molecule has 0 aliphatic heterocycles. The minimum Gasteiger partial charge on any atom is -0.461 e. The molecular weight excluding hydrogens is 252 g/mol. The minimum atomic E-state index is 0.256. The number of imidazole rings is 1. The summed E-state index contributed by atoms with van der Waals surface area (Å²) in [5, 5.41) is 4.54. The topological polar surface area (TPSA) is 48.8 Å². The van der Waals surface area contributed by atoms with Gasteiger partial charge in [0, 0.05) is 24.6 Å². The zero-order valence-electron chi connectivity index (χ0n) is 11.9. The summed E-state index contributed by atoms with van der Waals surface area (Å²) in [5.41, 5.74) is 2.22. The second-order valence-corrected chi connectivity index (χ2v) is 5.10. The van der Waals surface area contributed by atoms with Crippen molar-refractivity contribution in [2.45, 2.75) is 33.4 Å². The maximum Gasteiger partial charge on any atom is 0.176 e. The van der Waals surface area contributed by atoms with Crippen LogP contribution in [0.5, 0.6) is 0 Å². The fraction of sp³-hybridized carbons (Fsp3) is 0.333. The molecule has 0 N–H and O–H groups in total. The third-order valence-corrected chi connectivity index (χ3v) is 3.38. The highest BCUT2D eigenvalue weighted by Crippen LogP contribution is 2.20. The van der Waals surface area contributed by atoms with Gasteiger partial charge in [-0.3, -0.25) is 4.68 Å². The zero-order chi connectivity index (χ0) is 14.1. The van der Waals surface area contributed by atoms with Crippen LogP contribution in [0.4, 0.5) is 0 Å². The van der Waals surface area contributed by atoms with Crippen LogP contribution >= 0.6 is 0 Å². The van der Waals surface area contributed by atoms with E-state index in [1.165, 1.54) is 5.69 Å². The molecule has 0 saturated heterocycles. The predicted octanol–water partition coefficient (Wildman–Crippen LogP) is 3.22. The van der Waals surface area contributed by atoms with Crippen molar-refractivity contribution in [1.29, 1.82) is 0 Å². The molecule has 0 aliphatic rings. The van der Waals surface area contributed by atoms with Crippen molar-refractivity contribution in [3.8, 4) is 11.6 Å². The molecule has 3 rings (SSSR count). The van der Waals surface area contributed by atoms with Gasteiger partial charge in [0.25, 0.3) is 0 Å². The van der Waals surface area contributed by atoms with Crippen molar-refractivity contribution in [2.24, 2.45) is 0 Å². The van der Waals surface area contributed by atoms with Crippen molar-refractivity contribution < 1.29 is 4.42 Å². The molecule has 0 radical (unpaired) electrons. The van der Waals surface area contributed by atoms with Crippen molar-refractivity contribution in [1.82, 2.24) is 19.3 Å². The summed E-state index contributed by atoms with van der Waals surface area (Å²) in [6, 6.07) is 6.15. The van der Waals surface area contributed by atoms with E-state index < -0.39 is 0 Å². The average molecular weight is 270 g/mol. The Morgan fingerprint density at radius 2 is 2.20 bits per heavy atom. The Morgan fingerprint density at radius 3 is 2.85 bits per heavy atom. The first kappa shape index (κ1) is 12.7. The van der Waals surface area contributed by atoms with Crippen molar-refractivity contribution in [3.05, 3.63) is 48.2 Å². The van der Waals surface area contributed by atoms with Gasteiger partial charge in [0.05, 0.1) is 18.0 Å². The van der Waals surface area contributed by atoms with Crippen LogP contribution in [0.3, 0.4) is 0 Å². The number of hydrogen-bond acceptors (Lipinski definition) is 3. The largest absolute Gasteiger partial charge is 0.461 e. The Bertz CT molecular complexity index is 693. The van der Waals surface area contributed by atoms with E-state index in [0.29, 0.717) is 0 Å². The summed E-state index contributed by atoms with van der Waals surface area (Å²) >= 11 is 0. The maximum atomic E-state index is 5.43. The monoisotopic (exact) mass is 270 g/mol. The number of hydrogen-bond donors (Lipinski definition) is 0. The first-order valence-corrected chi connectivity index (χ1v) is 6.73. The summed E-state index contributed by atoms with van der Waals surface area (Å²) in [6.45, 7) is 7.06. The van der Waals surface area contributed by atoms with Crippen LogP contribution in [0.2, 0.25) is 0 Å². The fourth-order valence-corrected chi connectivity index (χ4v) is 2.54. The molecule has 104 valence electrons. The zero-order valence-corrected chi connectivity index (χ0v) is 11.9. The number of aromatic nitrogens is 4. The molecule has 5 heteroatoms. The Balaban J connectivity index is 1.85. The summed E-state index contributed by atoms with van der Waals surface area (Å²) < 4.78 is 9.58. The molecule has 0 spiro atoms. The highest BCUT2D eigenvalue weighted by Gasteiger charge is 2.14. The lowest BCUT2D eigenvalue weighted by Gasteiger charge is -2.16. The molecule has 0 fully saturated rings. The highest BCUT2D eigenvalue weighted by atomic mass is 16.3. The average Bonchev–Trinajstić information content (AvgIpc) is 3.09. The Hall–Kier alpha value is -2.30. The SMILES string of the molecule is Cc1cc(C)n([C@H](C)Cn2ccnc2-c2ccco2)n1. The molecule has 0 bridgehead atoms. The molecule has 0 aliphatic carbocycles. The highest BCUT2D eigenvalue weighted by molar-refractivity contribution is 5.46. The summed E-state index contributed by atoms with van der Waals surface area (Å²) in [7, 11) is 0. The van der Waals surface area contributed by atoms with Gasteiger partial charge in [0.1, 0.15) is 0 Å². The molecule has 0 aromatic carbocycles. The first-order chi connectivity index (χ1) is 9.65. The second kappa shape index (κ2) is 5.00. The lowest BCUT2D eigenvalue weighted by Crippen LogP contribution is -2.15. The molecule has 0 amide bonds. The molecule has 3 aromatic heterocycles. The number of nitrogens with zero attached hydrogens (tertiary/aromatic N) is 4. The van der Waals surface area contributed by atoms with Crippen LogP contribution in [0, 0.1) is 13.8 Å². The number of aryl methyl sites for hydroxylation is 2. The van der Waals surface area contributed by atoms with Gasteiger partial charge in [-0.25, -0.2) is 4.98 Å². The van der Waals surface area contributed by atoms with E-state index in [1.807, 2.05) is 25.3 Å². The van der Waals surface area contributed by atoms with Crippen LogP contribution in [-0.2, 0) is 6.54 Å². The van der Waals surface area contributed by atoms with E-state index in [1.54, 1.807) is 12.5 Å². The van der Waals surface area contributed by atoms with Crippen LogP contribution < -0.4 is 0 Å². The molecule has 0 saturated carbocycles. The van der Waals surface area contributed by atoms with Crippen molar-refractivity contribution in [3.63, 3.8) is 0 Å². The number of rotatable bonds is 4. The summed E-state index contributed by atoms with van der Waals surface area (Å²) in [5.74, 6) is 1.64. The molecule has 5 nitrogen and oxygen atoms in total. The van der Waals surface area contributed by atoms with Gasteiger partial charge in [-0.05, 0) is 39.0 Å². The van der Waals surface area contributed by atoms with Crippen LogP contribution in [0.1, 0.15) is 24.4 Å². The van der Waals surface area contributed by atoms with Gasteiger partial charge in [0.2, 0.25) is 0 Å². The quantitative estimate of drug-likeness (QED) is 0.731. The van der Waals surface area contributed by atoms with E-state index in [9.17, 15) is 0 Å². The second-order valence-electron chi connectivity index (χ2n) is 5.10. The van der Waals surface area contributed by atoms with Gasteiger partial charge < -0.3 is 8.98 Å². The first-order valence-electron chi connectivity index (χ1n) is 6.73. The third kappa shape index (κ3) is 2.27. The minimum absolute atomic E-state index is 0.256. The molecule has 1 atom stereocenters. The number of furan rings is 1. The normalized spacial score (nSPS) is 12.8. The molecule has 20 heavy (non-hydrogen) atoms. The summed E-state index contributed by atoms with van der Waals surface area (Å²) in [4.78, 5) is 4.37. The van der Waals surface area contributed by atoms with Gasteiger partial charge in [-0.1, -0.05) is 0 Å². The van der Waals surface area contributed by atoms with Crippen LogP contribution in [0.15, 0.2) is 41.3 Å². The van der Waals surface area contributed by atoms with Gasteiger partial charge in [-0.15, -0.1) is 0 Å². The van der Waals surface area contributed by atoms with E-state index in [0.717, 1.165) is 23.8 Å². The standard InChI is InChI=1S/C15H18N4O/c1-11-9-12(2)19(17-11)13(3)10-18-7-6-16-15(18)14-5-4-8-20-14/h4-9,13H,10H2,1-3H3/t13-/m1/s1. The van der Waals surface area contributed by atoms with Crippen LogP contribution in [-0.4, -0.2) is 19.3 Å². The lowest BCUT2D eigenvalue weighted by atomic mass is 10.3. The Kier molecular flexibility index (Phi) is 3.18. The Morgan fingerprint density at radius 1 is 1.35 bits per heavy atom. The molecule has 3 heterocycles. The summed E-state index contributed by atoms with van der Waals surface area (Å²) in [6.07, 6.45) is 5.44. The van der Waals surface area contributed by atoms with Crippen molar-refractivity contribution >= 4 is 0 Å². The van der Waals surface area contributed by atoms with Gasteiger partial charge in [0.15, 0.2) is 11.6 Å². The molecular formula is C15H18N4O. The van der Waals surface area contributed by atoms with Gasteiger partial charge >= 0.3 is 0 Å². The van der Waals surface area contributed by atoms with Gasteiger partial charge in [-0.2, -0.15) is 5.10 Å². The van der Waals surface area contributed by atoms with Crippen molar-refractivity contribution in [2.75, 3.05) is 0 Å².